The van der Waals surface area contributed by atoms with Crippen molar-refractivity contribution >= 4 is 11.8 Å². The van der Waals surface area contributed by atoms with Gasteiger partial charge >= 0.3 is 5.97 Å². The number of ether oxygens (including phenoxy) is 1. The molecule has 0 unspecified atom stereocenters. The normalized spacial score (nSPS) is 15.5. The summed E-state index contributed by atoms with van der Waals surface area (Å²) in [5.41, 5.74) is 3.81. The average Bonchev–Trinajstić information content (AvgIpc) is 2.99. The maximum Gasteiger partial charge on any atom is 0.340 e. The summed E-state index contributed by atoms with van der Waals surface area (Å²) in [6.07, 6.45) is 3.33. The quantitative estimate of drug-likeness (QED) is 0.582. The predicted octanol–water partition coefficient (Wildman–Crippen LogP) is 3.95. The Kier molecular flexibility index (Phi) is 6.68. The van der Waals surface area contributed by atoms with Crippen molar-refractivity contribution in [2.45, 2.75) is 40.0 Å². The number of aromatic nitrogens is 1. The molecule has 0 aliphatic carbocycles. The Hall–Kier alpha value is -2.40. The number of nitrogens with one attached hydrogen (secondary N) is 1. The molecule has 1 fully saturated rings. The lowest BCUT2D eigenvalue weighted by molar-refractivity contribution is 0.0525. The van der Waals surface area contributed by atoms with Crippen molar-refractivity contribution in [2.75, 3.05) is 26.2 Å². The summed E-state index contributed by atoms with van der Waals surface area (Å²) in [6, 6.07) is 10.6. The van der Waals surface area contributed by atoms with Gasteiger partial charge < -0.3 is 9.72 Å². The van der Waals surface area contributed by atoms with Gasteiger partial charge in [0, 0.05) is 5.69 Å². The summed E-state index contributed by atoms with van der Waals surface area (Å²) >= 11 is 0. The van der Waals surface area contributed by atoms with Gasteiger partial charge in [-0.1, -0.05) is 30.3 Å². The highest BCUT2D eigenvalue weighted by Crippen LogP contribution is 2.23. The van der Waals surface area contributed by atoms with Crippen LogP contribution in [0.3, 0.4) is 0 Å². The van der Waals surface area contributed by atoms with Gasteiger partial charge in [-0.2, -0.15) is 0 Å². The second-order valence-corrected chi connectivity index (χ2v) is 7.68. The minimum atomic E-state index is -0.366. The van der Waals surface area contributed by atoms with Crippen LogP contribution in [0.1, 0.15) is 57.4 Å². The zero-order chi connectivity index (χ0) is 20.1. The van der Waals surface area contributed by atoms with Gasteiger partial charge in [-0.05, 0) is 70.2 Å². The van der Waals surface area contributed by atoms with Crippen LogP contribution in [0.4, 0.5) is 0 Å². The molecule has 2 heterocycles. The van der Waals surface area contributed by atoms with Crippen LogP contribution in [-0.2, 0) is 11.2 Å². The van der Waals surface area contributed by atoms with Gasteiger partial charge in [-0.3, -0.25) is 9.69 Å². The molecule has 1 saturated heterocycles. The fraction of sp³-hybridized carbons (Fsp3) is 0.478. The van der Waals surface area contributed by atoms with Crippen molar-refractivity contribution < 1.29 is 14.3 Å². The minimum absolute atomic E-state index is 0.0395. The number of esters is 1. The third-order valence-electron chi connectivity index (χ3n) is 5.64. The number of likely N-dealkylation sites (tertiary alicyclic amines) is 1. The molecule has 1 N–H and O–H groups in total. The van der Waals surface area contributed by atoms with Gasteiger partial charge in [-0.15, -0.1) is 0 Å². The van der Waals surface area contributed by atoms with Gasteiger partial charge in [0.15, 0.2) is 5.78 Å². The zero-order valence-electron chi connectivity index (χ0n) is 17.1. The molecule has 1 aliphatic rings. The molecule has 0 radical (unpaired) electrons. The van der Waals surface area contributed by atoms with Crippen molar-refractivity contribution in [3.05, 3.63) is 58.4 Å². The molecule has 5 nitrogen and oxygen atoms in total. The summed E-state index contributed by atoms with van der Waals surface area (Å²) < 4.78 is 5.11. The van der Waals surface area contributed by atoms with Gasteiger partial charge in [0.1, 0.15) is 0 Å². The lowest BCUT2D eigenvalue weighted by atomic mass is 9.90. The van der Waals surface area contributed by atoms with E-state index in [4.69, 9.17) is 4.74 Å². The number of aromatic amines is 1. The Morgan fingerprint density at radius 2 is 1.82 bits per heavy atom. The maximum absolute atomic E-state index is 12.8. The lowest BCUT2D eigenvalue weighted by Crippen LogP contribution is -2.38. The number of nitrogens with zero attached hydrogens (tertiary/aromatic N) is 1. The number of Topliss-reactive ketones (excluding diaryl/α,β-unsaturated/α-hetero) is 1. The van der Waals surface area contributed by atoms with E-state index in [9.17, 15) is 9.59 Å². The van der Waals surface area contributed by atoms with Gasteiger partial charge in [0.2, 0.25) is 0 Å². The lowest BCUT2D eigenvalue weighted by Gasteiger charge is -2.31. The second-order valence-electron chi connectivity index (χ2n) is 7.68. The summed E-state index contributed by atoms with van der Waals surface area (Å²) in [5, 5.41) is 0. The molecule has 0 saturated carbocycles. The third kappa shape index (κ3) is 4.71. The number of carbonyl (C=O) groups is 2. The first kappa shape index (κ1) is 20.3. The number of hydrogen-bond donors (Lipinski definition) is 1. The smallest absolute Gasteiger partial charge is 0.340 e. The highest BCUT2D eigenvalue weighted by Gasteiger charge is 2.26. The largest absolute Gasteiger partial charge is 0.462 e. The van der Waals surface area contributed by atoms with E-state index in [1.165, 1.54) is 5.56 Å². The zero-order valence-corrected chi connectivity index (χ0v) is 17.1. The number of benzene rings is 1. The van der Waals surface area contributed by atoms with Gasteiger partial charge in [0.25, 0.3) is 0 Å². The standard InChI is InChI=1S/C23H30N2O3/c1-4-28-23(27)21-16(2)22(24-17(21)3)20(26)15-25-12-10-19(11-13-25)14-18-8-6-5-7-9-18/h5-9,19,24H,4,10-15H2,1-3H3. The van der Waals surface area contributed by atoms with Crippen molar-refractivity contribution in [1.29, 1.82) is 0 Å². The molecule has 2 aromatic rings. The number of carbonyl (C=O) groups excluding carboxylic acids is 2. The summed E-state index contributed by atoms with van der Waals surface area (Å²) in [5.74, 6) is 0.353. The fourth-order valence-corrected chi connectivity index (χ4v) is 4.12. The monoisotopic (exact) mass is 382 g/mol. The topological polar surface area (TPSA) is 62.4 Å². The van der Waals surface area contributed by atoms with Crippen LogP contribution in [0.25, 0.3) is 0 Å². The molecule has 0 atom stereocenters. The van der Waals surface area contributed by atoms with Crippen LogP contribution in [0.2, 0.25) is 0 Å². The van der Waals surface area contributed by atoms with E-state index < -0.39 is 0 Å². The van der Waals surface area contributed by atoms with Crippen LogP contribution in [-0.4, -0.2) is 47.9 Å². The maximum atomic E-state index is 12.8. The molecule has 5 heteroatoms. The third-order valence-corrected chi connectivity index (χ3v) is 5.64. The number of aryl methyl sites for hydroxylation is 1. The molecule has 0 amide bonds. The van der Waals surface area contributed by atoms with Crippen molar-refractivity contribution in [3.63, 3.8) is 0 Å². The Labute approximate surface area is 167 Å². The molecule has 1 aromatic carbocycles. The van der Waals surface area contributed by atoms with E-state index in [2.05, 4.69) is 40.2 Å². The van der Waals surface area contributed by atoms with Gasteiger partial charge in [-0.25, -0.2) is 4.79 Å². The van der Waals surface area contributed by atoms with Crippen molar-refractivity contribution in [2.24, 2.45) is 5.92 Å². The van der Waals surface area contributed by atoms with Crippen LogP contribution in [0.5, 0.6) is 0 Å². The fourth-order valence-electron chi connectivity index (χ4n) is 4.12. The van der Waals surface area contributed by atoms with E-state index in [1.807, 2.05) is 13.8 Å². The second kappa shape index (κ2) is 9.20. The molecule has 28 heavy (non-hydrogen) atoms. The SMILES string of the molecule is CCOC(=O)c1c(C)[nH]c(C(=O)CN2CCC(Cc3ccccc3)CC2)c1C. The summed E-state index contributed by atoms with van der Waals surface area (Å²) in [4.78, 5) is 30.3. The molecule has 150 valence electrons. The van der Waals surface area contributed by atoms with E-state index in [-0.39, 0.29) is 11.8 Å². The number of hydrogen-bond acceptors (Lipinski definition) is 4. The van der Waals surface area contributed by atoms with E-state index in [1.54, 1.807) is 6.92 Å². The average molecular weight is 383 g/mol. The van der Waals surface area contributed by atoms with Crippen LogP contribution < -0.4 is 0 Å². The summed E-state index contributed by atoms with van der Waals surface area (Å²) in [7, 11) is 0. The number of rotatable bonds is 7. The Morgan fingerprint density at radius 3 is 2.46 bits per heavy atom. The molecule has 0 bridgehead atoms. The number of H-pyrrole nitrogens is 1. The Balaban J connectivity index is 1.56. The Bertz CT molecular complexity index is 818. The van der Waals surface area contributed by atoms with Crippen LogP contribution in [0.15, 0.2) is 30.3 Å². The number of ketones is 1. The molecule has 3 rings (SSSR count). The van der Waals surface area contributed by atoms with E-state index in [0.717, 1.165) is 32.4 Å². The highest BCUT2D eigenvalue weighted by atomic mass is 16.5. The predicted molar refractivity (Wildman–Crippen MR) is 110 cm³/mol. The summed E-state index contributed by atoms with van der Waals surface area (Å²) in [6.45, 7) is 7.99. The molecular weight excluding hydrogens is 352 g/mol. The highest BCUT2D eigenvalue weighted by molar-refractivity contribution is 6.02. The minimum Gasteiger partial charge on any atom is -0.462 e. The van der Waals surface area contributed by atoms with Gasteiger partial charge in [0.05, 0.1) is 24.4 Å². The Morgan fingerprint density at radius 1 is 1.14 bits per heavy atom. The van der Waals surface area contributed by atoms with E-state index in [0.29, 0.717) is 41.6 Å². The molecular formula is C23H30N2O3. The van der Waals surface area contributed by atoms with Crippen LogP contribution in [0, 0.1) is 19.8 Å². The molecule has 0 spiro atoms. The first-order valence-electron chi connectivity index (χ1n) is 10.1. The number of piperidine rings is 1. The van der Waals surface area contributed by atoms with Crippen LogP contribution >= 0.6 is 0 Å². The molecule has 1 aliphatic heterocycles. The first-order chi connectivity index (χ1) is 13.5. The first-order valence-corrected chi connectivity index (χ1v) is 10.1. The molecule has 1 aromatic heterocycles. The van der Waals surface area contributed by atoms with E-state index >= 15 is 0 Å². The van der Waals surface area contributed by atoms with Crippen molar-refractivity contribution in [1.82, 2.24) is 9.88 Å². The van der Waals surface area contributed by atoms with Crippen molar-refractivity contribution in [3.8, 4) is 0 Å².